The minimum absolute atomic E-state index is 0.0681. The molecule has 0 aliphatic rings. The summed E-state index contributed by atoms with van der Waals surface area (Å²) < 4.78 is 78.4. The van der Waals surface area contributed by atoms with Crippen LogP contribution in [0.2, 0.25) is 10.4 Å². The standard InChI is InChI=1S/C20H16ClNO4.C10H3ClF3NO4S/c1-20(2,3)26-19(24)13-5-4-12(8-16(13)23)14-6-11(10-22)7-17-15(14)9-18(21)25-17;11-9-3-6-7(18-9)1-5(4-15)2-8(6)19-20(16,17)10(12,13)14/h4-9,23H,1-3H3;1-3H. The second kappa shape index (κ2) is 12.5. The summed E-state index contributed by atoms with van der Waals surface area (Å²) in [5, 5.41) is 28.9. The molecule has 0 spiro atoms. The number of alkyl halides is 3. The molecule has 5 aromatic rings. The first kappa shape index (κ1) is 34.0. The number of nitriles is 2. The van der Waals surface area contributed by atoms with Gasteiger partial charge in [-0.3, -0.25) is 0 Å². The Morgan fingerprint density at radius 1 is 0.870 bits per heavy atom. The van der Waals surface area contributed by atoms with Crippen LogP contribution in [0.1, 0.15) is 42.3 Å². The van der Waals surface area contributed by atoms with Crippen molar-refractivity contribution in [3.8, 4) is 34.8 Å². The number of halogens is 5. The molecule has 5 rings (SSSR count). The Morgan fingerprint density at radius 2 is 1.41 bits per heavy atom. The largest absolute Gasteiger partial charge is 0.534 e. The quantitative estimate of drug-likeness (QED) is 0.110. The van der Waals surface area contributed by atoms with Crippen LogP contribution in [-0.4, -0.2) is 30.6 Å². The molecule has 16 heteroatoms. The van der Waals surface area contributed by atoms with Crippen LogP contribution in [0, 0.1) is 22.7 Å². The number of furan rings is 2. The molecule has 1 N–H and O–H groups in total. The number of benzene rings is 3. The number of esters is 1. The molecule has 0 bridgehead atoms. The molecule has 0 unspecified atom stereocenters. The highest BCUT2D eigenvalue weighted by Crippen LogP contribution is 2.37. The zero-order chi connectivity index (χ0) is 34.2. The van der Waals surface area contributed by atoms with Crippen molar-refractivity contribution in [2.45, 2.75) is 31.9 Å². The number of phenols is 1. The van der Waals surface area contributed by atoms with Crippen molar-refractivity contribution in [2.75, 3.05) is 0 Å². The molecule has 10 nitrogen and oxygen atoms in total. The van der Waals surface area contributed by atoms with E-state index < -0.39 is 32.9 Å². The van der Waals surface area contributed by atoms with Crippen molar-refractivity contribution in [1.82, 2.24) is 0 Å². The highest BCUT2D eigenvalue weighted by molar-refractivity contribution is 7.88. The number of phenolic OH excluding ortho intramolecular Hbond substituents is 1. The maximum atomic E-state index is 12.3. The van der Waals surface area contributed by atoms with Crippen LogP contribution in [0.15, 0.2) is 63.4 Å². The number of fused-ring (bicyclic) bond motifs is 2. The summed E-state index contributed by atoms with van der Waals surface area (Å²) in [6, 6.07) is 16.4. The smallest absolute Gasteiger partial charge is 0.507 e. The van der Waals surface area contributed by atoms with Crippen LogP contribution < -0.4 is 4.18 Å². The van der Waals surface area contributed by atoms with E-state index in [9.17, 15) is 36.8 Å². The number of hydrogen-bond acceptors (Lipinski definition) is 10. The lowest BCUT2D eigenvalue weighted by Gasteiger charge is -2.20. The summed E-state index contributed by atoms with van der Waals surface area (Å²) in [5.41, 5.74) is -4.23. The molecule has 0 atom stereocenters. The van der Waals surface area contributed by atoms with Crippen molar-refractivity contribution in [3.63, 3.8) is 0 Å². The lowest BCUT2D eigenvalue weighted by atomic mass is 9.98. The molecule has 238 valence electrons. The third-order valence-corrected chi connectivity index (χ3v) is 7.18. The van der Waals surface area contributed by atoms with Gasteiger partial charge in [0.05, 0.1) is 28.7 Å². The molecule has 2 heterocycles. The highest BCUT2D eigenvalue weighted by Gasteiger charge is 2.48. The predicted octanol–water partition coefficient (Wildman–Crippen LogP) is 8.47. The van der Waals surface area contributed by atoms with E-state index in [0.717, 1.165) is 12.1 Å². The van der Waals surface area contributed by atoms with Gasteiger partial charge in [-0.05, 0) is 85.4 Å². The van der Waals surface area contributed by atoms with E-state index in [4.69, 9.17) is 42.0 Å². The fraction of sp³-hybridized carbons (Fsp3) is 0.167. The first-order valence-electron chi connectivity index (χ1n) is 12.7. The van der Waals surface area contributed by atoms with E-state index in [0.29, 0.717) is 27.7 Å². The van der Waals surface area contributed by atoms with Crippen LogP contribution in [0.5, 0.6) is 11.5 Å². The molecule has 2 aromatic heterocycles. The molecule has 0 fully saturated rings. The van der Waals surface area contributed by atoms with Crippen LogP contribution in [0.25, 0.3) is 33.1 Å². The van der Waals surface area contributed by atoms with Gasteiger partial charge in [-0.1, -0.05) is 6.07 Å². The summed E-state index contributed by atoms with van der Waals surface area (Å²) in [6.45, 7) is 5.26. The molecule has 3 aromatic carbocycles. The number of hydrogen-bond donors (Lipinski definition) is 1. The molecule has 46 heavy (non-hydrogen) atoms. The number of carbonyl (C=O) groups excluding carboxylic acids is 1. The van der Waals surface area contributed by atoms with Gasteiger partial charge in [0.1, 0.15) is 28.1 Å². The molecule has 0 radical (unpaired) electrons. The topological polar surface area (TPSA) is 164 Å². The van der Waals surface area contributed by atoms with Crippen molar-refractivity contribution in [1.29, 1.82) is 10.5 Å². The monoisotopic (exact) mass is 694 g/mol. The third kappa shape index (κ3) is 7.49. The number of carbonyl (C=O) groups is 1. The minimum atomic E-state index is -5.85. The molecule has 0 amide bonds. The average molecular weight is 695 g/mol. The average Bonchev–Trinajstić information content (AvgIpc) is 3.51. The molecular weight excluding hydrogens is 676 g/mol. The molecule has 0 aliphatic carbocycles. The second-order valence-electron chi connectivity index (χ2n) is 10.4. The van der Waals surface area contributed by atoms with Crippen molar-refractivity contribution >= 4 is 61.2 Å². The van der Waals surface area contributed by atoms with Gasteiger partial charge in [-0.2, -0.15) is 32.1 Å². The van der Waals surface area contributed by atoms with Crippen LogP contribution in [0.3, 0.4) is 0 Å². The van der Waals surface area contributed by atoms with Gasteiger partial charge in [-0.25, -0.2) is 4.79 Å². The zero-order valence-electron chi connectivity index (χ0n) is 23.7. The maximum Gasteiger partial charge on any atom is 0.534 e. The number of ether oxygens (including phenoxy) is 1. The molecule has 0 saturated heterocycles. The van der Waals surface area contributed by atoms with Gasteiger partial charge in [0.15, 0.2) is 16.2 Å². The fourth-order valence-electron chi connectivity index (χ4n) is 3.99. The first-order chi connectivity index (χ1) is 21.3. The maximum absolute atomic E-state index is 12.3. The summed E-state index contributed by atoms with van der Waals surface area (Å²) in [7, 11) is -5.85. The Hall–Kier alpha value is -4.89. The van der Waals surface area contributed by atoms with E-state index >= 15 is 0 Å². The van der Waals surface area contributed by atoms with Crippen LogP contribution >= 0.6 is 23.2 Å². The molecular formula is C30H19Cl2F3N2O8S. The van der Waals surface area contributed by atoms with Crippen molar-refractivity contribution < 1.29 is 49.2 Å². The first-order valence-corrected chi connectivity index (χ1v) is 14.8. The second-order valence-corrected chi connectivity index (χ2v) is 12.6. The van der Waals surface area contributed by atoms with Crippen LogP contribution in [0.4, 0.5) is 13.2 Å². The van der Waals surface area contributed by atoms with Crippen molar-refractivity contribution in [3.05, 3.63) is 81.7 Å². The summed E-state index contributed by atoms with van der Waals surface area (Å²) in [6.07, 6.45) is 0. The van der Waals surface area contributed by atoms with E-state index in [1.165, 1.54) is 18.2 Å². The third-order valence-electron chi connectivity index (χ3n) is 5.85. The number of aromatic hydroxyl groups is 1. The van der Waals surface area contributed by atoms with E-state index in [2.05, 4.69) is 10.3 Å². The van der Waals surface area contributed by atoms with Gasteiger partial charge in [0.25, 0.3) is 0 Å². The summed E-state index contributed by atoms with van der Waals surface area (Å²) >= 11 is 11.5. The predicted molar refractivity (Wildman–Crippen MR) is 160 cm³/mol. The van der Waals surface area contributed by atoms with E-state index in [1.54, 1.807) is 51.1 Å². The Labute approximate surface area is 268 Å². The Morgan fingerprint density at radius 3 is 1.93 bits per heavy atom. The lowest BCUT2D eigenvalue weighted by Crippen LogP contribution is -2.28. The van der Waals surface area contributed by atoms with Gasteiger partial charge < -0.3 is 22.9 Å². The SMILES string of the molecule is CC(C)(C)OC(=O)c1ccc(-c2cc(C#N)cc3oc(Cl)cc23)cc1O.N#Cc1cc(OS(=O)(=O)C(F)(F)F)c2cc(Cl)oc2c1. The van der Waals surface area contributed by atoms with Crippen LogP contribution in [-0.2, 0) is 14.9 Å². The van der Waals surface area contributed by atoms with Gasteiger partial charge in [0.2, 0.25) is 0 Å². The zero-order valence-corrected chi connectivity index (χ0v) is 26.0. The molecule has 0 saturated carbocycles. The lowest BCUT2D eigenvalue weighted by molar-refractivity contribution is -0.0499. The highest BCUT2D eigenvalue weighted by atomic mass is 35.5. The number of rotatable bonds is 4. The normalized spacial score (nSPS) is 11.8. The molecule has 0 aliphatic heterocycles. The van der Waals surface area contributed by atoms with Gasteiger partial charge >= 0.3 is 21.6 Å². The fourth-order valence-corrected chi connectivity index (χ4v) is 4.84. The number of nitrogens with zero attached hydrogens (tertiary/aromatic N) is 2. The summed E-state index contributed by atoms with van der Waals surface area (Å²) in [4.78, 5) is 12.2. The minimum Gasteiger partial charge on any atom is -0.507 e. The Bertz CT molecular complexity index is 2190. The van der Waals surface area contributed by atoms with E-state index in [-0.39, 0.29) is 38.3 Å². The summed E-state index contributed by atoms with van der Waals surface area (Å²) in [5.74, 6) is -1.50. The Balaban J connectivity index is 0.000000216. The van der Waals surface area contributed by atoms with E-state index in [1.807, 2.05) is 0 Å². The Kier molecular flexibility index (Phi) is 9.22. The van der Waals surface area contributed by atoms with Gasteiger partial charge in [-0.15, -0.1) is 0 Å². The van der Waals surface area contributed by atoms with Crippen molar-refractivity contribution in [2.24, 2.45) is 0 Å². The van der Waals surface area contributed by atoms with Gasteiger partial charge in [0, 0.05) is 23.6 Å².